The van der Waals surface area contributed by atoms with Gasteiger partial charge in [0.05, 0.1) is 36.2 Å². The minimum Gasteiger partial charge on any atom is -0.457 e. The van der Waals surface area contributed by atoms with Crippen LogP contribution in [-0.4, -0.2) is 63.4 Å². The van der Waals surface area contributed by atoms with Crippen LogP contribution < -0.4 is 5.32 Å². The fourth-order valence-corrected chi connectivity index (χ4v) is 13.4. The number of alkyl carbamates (subject to hydrolysis) is 1. The molecule has 5 aliphatic carbocycles. The van der Waals surface area contributed by atoms with Crippen molar-refractivity contribution >= 4 is 12.1 Å². The van der Waals surface area contributed by atoms with E-state index in [4.69, 9.17) is 14.2 Å². The minimum atomic E-state index is -1.27. The number of carbonyl (C=O) groups excluding carboxylic acids is 2. The van der Waals surface area contributed by atoms with Crippen LogP contribution in [0, 0.1) is 50.7 Å². The fraction of sp³-hybridized carbons (Fsp3) is 0.821. The number of esters is 1. The van der Waals surface area contributed by atoms with Crippen LogP contribution >= 0.6 is 0 Å². The first kappa shape index (κ1) is 34.2. The topological polar surface area (TPSA) is 127 Å². The number of hydrogen-bond acceptors (Lipinski definition) is 8. The Balaban J connectivity index is 1.11. The van der Waals surface area contributed by atoms with Crippen LogP contribution in [0.3, 0.4) is 0 Å². The molecule has 2 heterocycles. The van der Waals surface area contributed by atoms with Crippen molar-refractivity contribution in [3.05, 3.63) is 30.1 Å². The second-order valence-electron chi connectivity index (χ2n) is 18.3. The molecule has 1 amide bonds. The highest BCUT2D eigenvalue weighted by molar-refractivity contribution is 5.67. The molecule has 1 aromatic heterocycles. The zero-order valence-corrected chi connectivity index (χ0v) is 30.3. The van der Waals surface area contributed by atoms with Crippen molar-refractivity contribution in [3.63, 3.8) is 0 Å². The molecule has 2 spiro atoms. The molecule has 266 valence electrons. The average Bonchev–Trinajstić information content (AvgIpc) is 3.65. The van der Waals surface area contributed by atoms with Crippen LogP contribution in [0.5, 0.6) is 0 Å². The number of amides is 1. The summed E-state index contributed by atoms with van der Waals surface area (Å²) in [5.74, 6) is 0.815. The molecule has 6 aliphatic rings. The summed E-state index contributed by atoms with van der Waals surface area (Å²) in [6.07, 6.45) is 6.99. The first-order valence-electron chi connectivity index (χ1n) is 18.5. The monoisotopic (exact) mass is 666 g/mol. The van der Waals surface area contributed by atoms with Crippen LogP contribution in [0.15, 0.2) is 24.4 Å². The summed E-state index contributed by atoms with van der Waals surface area (Å²) in [5.41, 5.74) is -0.667. The number of nitrogens with one attached hydrogen (secondary N) is 1. The average molecular weight is 667 g/mol. The Morgan fingerprint density at radius 1 is 1.08 bits per heavy atom. The Hall–Kier alpha value is -2.23. The molecule has 9 nitrogen and oxygen atoms in total. The summed E-state index contributed by atoms with van der Waals surface area (Å²) in [7, 11) is 0. The highest BCUT2D eigenvalue weighted by atomic mass is 16.6. The van der Waals surface area contributed by atoms with Gasteiger partial charge in [-0.2, -0.15) is 0 Å². The third-order valence-electron chi connectivity index (χ3n) is 15.5. The van der Waals surface area contributed by atoms with Crippen molar-refractivity contribution in [3.8, 4) is 0 Å². The number of aliphatic hydroxyl groups excluding tert-OH is 1. The molecule has 7 rings (SSSR count). The predicted octanol–water partition coefficient (Wildman–Crippen LogP) is 6.19. The van der Waals surface area contributed by atoms with Crippen molar-refractivity contribution < 1.29 is 34.0 Å². The van der Waals surface area contributed by atoms with E-state index in [0.717, 1.165) is 44.2 Å². The number of rotatable bonds is 6. The second-order valence-corrected chi connectivity index (χ2v) is 18.3. The largest absolute Gasteiger partial charge is 0.457 e. The summed E-state index contributed by atoms with van der Waals surface area (Å²) in [6.45, 7) is 16.7. The maximum absolute atomic E-state index is 13.0. The van der Waals surface area contributed by atoms with Gasteiger partial charge in [0, 0.05) is 24.0 Å². The first-order chi connectivity index (χ1) is 22.4. The van der Waals surface area contributed by atoms with Gasteiger partial charge in [-0.25, -0.2) is 4.79 Å². The van der Waals surface area contributed by atoms with Crippen molar-refractivity contribution in [2.24, 2.45) is 50.7 Å². The van der Waals surface area contributed by atoms with E-state index in [0.29, 0.717) is 24.8 Å². The molecule has 1 saturated heterocycles. The Kier molecular flexibility index (Phi) is 7.94. The molecule has 0 radical (unpaired) electrons. The lowest BCUT2D eigenvalue weighted by Gasteiger charge is -2.63. The van der Waals surface area contributed by atoms with E-state index in [1.807, 2.05) is 18.2 Å². The van der Waals surface area contributed by atoms with Crippen LogP contribution in [0.1, 0.15) is 112 Å². The zero-order valence-electron chi connectivity index (χ0n) is 30.3. The fourth-order valence-electron chi connectivity index (χ4n) is 13.4. The number of pyridine rings is 1. The van der Waals surface area contributed by atoms with E-state index >= 15 is 0 Å². The van der Waals surface area contributed by atoms with Crippen molar-refractivity contribution in [1.29, 1.82) is 0 Å². The molecule has 0 aromatic carbocycles. The van der Waals surface area contributed by atoms with Crippen LogP contribution in [-0.2, 0) is 25.5 Å². The number of aromatic nitrogens is 1. The maximum Gasteiger partial charge on any atom is 0.407 e. The quantitative estimate of drug-likeness (QED) is 0.307. The van der Waals surface area contributed by atoms with Gasteiger partial charge in [-0.15, -0.1) is 0 Å². The van der Waals surface area contributed by atoms with E-state index in [2.05, 4.69) is 44.9 Å². The Morgan fingerprint density at radius 3 is 2.46 bits per heavy atom. The number of carbonyl (C=O) groups is 2. The molecule has 3 N–H and O–H groups in total. The van der Waals surface area contributed by atoms with Crippen molar-refractivity contribution in [2.45, 2.75) is 149 Å². The number of hydrogen-bond donors (Lipinski definition) is 3. The molecule has 1 aromatic rings. The molecule has 1 aliphatic heterocycles. The zero-order chi connectivity index (χ0) is 34.7. The number of nitrogens with zero attached hydrogens (tertiary/aromatic N) is 1. The van der Waals surface area contributed by atoms with Gasteiger partial charge in [0.1, 0.15) is 6.10 Å². The number of fused-ring (bicyclic) bond motifs is 4. The molecule has 0 bridgehead atoms. The minimum absolute atomic E-state index is 0.0960. The molecule has 5 saturated carbocycles. The molecular weight excluding hydrogens is 608 g/mol. The molecule has 6 fully saturated rings. The lowest BCUT2D eigenvalue weighted by molar-refractivity contribution is -0.216. The highest BCUT2D eigenvalue weighted by Crippen LogP contribution is 2.89. The molecule has 48 heavy (non-hydrogen) atoms. The smallest absolute Gasteiger partial charge is 0.407 e. The van der Waals surface area contributed by atoms with Gasteiger partial charge >= 0.3 is 12.1 Å². The van der Waals surface area contributed by atoms with E-state index in [1.54, 1.807) is 20.0 Å². The lowest BCUT2D eigenvalue weighted by atomic mass is 9.41. The first-order valence-corrected chi connectivity index (χ1v) is 18.5. The predicted molar refractivity (Wildman–Crippen MR) is 179 cm³/mol. The van der Waals surface area contributed by atoms with Gasteiger partial charge < -0.3 is 29.7 Å². The Morgan fingerprint density at radius 2 is 1.79 bits per heavy atom. The van der Waals surface area contributed by atoms with Gasteiger partial charge in [-0.3, -0.25) is 9.78 Å². The normalized spacial score (nSPS) is 46.0. The summed E-state index contributed by atoms with van der Waals surface area (Å²) in [4.78, 5) is 29.3. The molecule has 13 atom stereocenters. The Labute approximate surface area is 286 Å². The van der Waals surface area contributed by atoms with E-state index in [9.17, 15) is 19.8 Å². The summed E-state index contributed by atoms with van der Waals surface area (Å²) in [6, 6.07) is 5.67. The van der Waals surface area contributed by atoms with Gasteiger partial charge in [-0.1, -0.05) is 40.7 Å². The van der Waals surface area contributed by atoms with Gasteiger partial charge in [0.25, 0.3) is 0 Å². The summed E-state index contributed by atoms with van der Waals surface area (Å²) in [5, 5.41) is 26.4. The van der Waals surface area contributed by atoms with Crippen LogP contribution in [0.25, 0.3) is 0 Å². The third-order valence-corrected chi connectivity index (χ3v) is 15.5. The molecule has 9 heteroatoms. The lowest BCUT2D eigenvalue weighted by Crippen LogP contribution is -2.60. The van der Waals surface area contributed by atoms with Gasteiger partial charge in [0.2, 0.25) is 0 Å². The third kappa shape index (κ3) is 4.68. The maximum atomic E-state index is 13.0. The van der Waals surface area contributed by atoms with Crippen LogP contribution in [0.2, 0.25) is 0 Å². The molecular formula is C39H58N2O7. The van der Waals surface area contributed by atoms with E-state index < -0.39 is 29.9 Å². The van der Waals surface area contributed by atoms with Gasteiger partial charge in [-0.05, 0) is 117 Å². The van der Waals surface area contributed by atoms with Crippen molar-refractivity contribution in [1.82, 2.24) is 10.3 Å². The van der Waals surface area contributed by atoms with E-state index in [1.165, 1.54) is 13.3 Å². The number of aliphatic hydroxyl groups is 2. The second kappa shape index (κ2) is 11.1. The highest BCUT2D eigenvalue weighted by Gasteiger charge is 2.84. The van der Waals surface area contributed by atoms with E-state index in [-0.39, 0.29) is 57.2 Å². The van der Waals surface area contributed by atoms with Crippen LogP contribution in [0.4, 0.5) is 4.79 Å². The standard InChI is InChI=1S/C39H58N2O7/c1-22-19-25(32(35(5,6)45)46-23(2)42)47-30-29(22)36(7)16-17-39-21-38(39)15-14-28(48-33(44)41-20-24-11-9-10-18-40-24)34(3,4)26(38)12-13-27(39)37(36,8)31(30)43/h9-11,18,22,25-32,43,45H,12-17,19-21H2,1-8H3,(H,41,44)/t22-,25+,26+,27+,28+,29+,30+,31+,32+,36-,37-,38-,39+/m1/s1. The molecule has 0 unspecified atom stereocenters. The SMILES string of the molecule is CC(=O)O[C@@H]([C@@H]1C[C@@H](C)[C@H]2[C@H](O1)[C@H](O)[C@@]1(C)[C@@H]3CC[C@H]4C(C)(C)[C@@H](OC(=O)NCc5ccccn5)CC[C@@]45C[C@@]35CC[C@]21C)C(C)(C)O. The number of ether oxygens (including phenoxy) is 3. The summed E-state index contributed by atoms with van der Waals surface area (Å²) < 4.78 is 18.7. The Bertz CT molecular complexity index is 1430. The van der Waals surface area contributed by atoms with Crippen molar-refractivity contribution in [2.75, 3.05) is 0 Å². The van der Waals surface area contributed by atoms with Gasteiger partial charge in [0.15, 0.2) is 6.10 Å². The summed E-state index contributed by atoms with van der Waals surface area (Å²) >= 11 is 0.